The predicted octanol–water partition coefficient (Wildman–Crippen LogP) is 4.26. The molecule has 2 N–H and O–H groups in total. The van der Waals surface area contributed by atoms with Crippen molar-refractivity contribution in [2.45, 2.75) is 45.8 Å². The summed E-state index contributed by atoms with van der Waals surface area (Å²) in [6, 6.07) is 1.84. The molecule has 0 aliphatic carbocycles. The van der Waals surface area contributed by atoms with E-state index in [-0.39, 0.29) is 30.1 Å². The van der Waals surface area contributed by atoms with Gasteiger partial charge in [-0.05, 0) is 45.6 Å². The third-order valence-electron chi connectivity index (χ3n) is 4.61. The number of ether oxygens (including phenoxy) is 1. The first-order valence-corrected chi connectivity index (χ1v) is 10.3. The molecule has 166 valence electrons. The van der Waals surface area contributed by atoms with Gasteiger partial charge >= 0.3 is 6.09 Å². The average Bonchev–Trinajstić information content (AvgIpc) is 2.87. The molecule has 1 fully saturated rings. The van der Waals surface area contributed by atoms with Gasteiger partial charge in [0.15, 0.2) is 5.96 Å². The number of halogens is 3. The number of aromatic nitrogens is 1. The fraction of sp³-hybridized carbons (Fsp3) is 0.684. The van der Waals surface area contributed by atoms with Crippen molar-refractivity contribution in [1.82, 2.24) is 20.1 Å². The molecule has 2 heterocycles. The van der Waals surface area contributed by atoms with E-state index in [1.807, 2.05) is 38.5 Å². The zero-order valence-electron chi connectivity index (χ0n) is 17.7. The summed E-state index contributed by atoms with van der Waals surface area (Å²) < 4.78 is 7.33. The Labute approximate surface area is 200 Å². The number of nitrogens with one attached hydrogen (secondary N) is 2. The van der Waals surface area contributed by atoms with Crippen LogP contribution in [0.5, 0.6) is 0 Å². The lowest BCUT2D eigenvalue weighted by Crippen LogP contribution is -2.47. The molecule has 1 aliphatic heterocycles. The van der Waals surface area contributed by atoms with Crippen molar-refractivity contribution in [3.63, 3.8) is 0 Å². The molecule has 1 unspecified atom stereocenters. The Kier molecular flexibility index (Phi) is 10.4. The van der Waals surface area contributed by atoms with E-state index in [4.69, 9.17) is 27.9 Å². The number of aliphatic imine (C=N–C) groups is 1. The normalized spacial score (nSPS) is 17.6. The number of piperidine rings is 1. The highest BCUT2D eigenvalue weighted by molar-refractivity contribution is 14.0. The van der Waals surface area contributed by atoms with Crippen LogP contribution in [0.4, 0.5) is 4.79 Å². The van der Waals surface area contributed by atoms with Gasteiger partial charge < -0.3 is 24.8 Å². The summed E-state index contributed by atoms with van der Waals surface area (Å²) in [5.74, 6) is 1.04. The fourth-order valence-corrected chi connectivity index (χ4v) is 3.53. The predicted molar refractivity (Wildman–Crippen MR) is 130 cm³/mol. The van der Waals surface area contributed by atoms with Crippen molar-refractivity contribution in [2.75, 3.05) is 26.7 Å². The Hall–Kier alpha value is -0.870. The molecular formula is C19H32Cl2IN5O2. The minimum atomic E-state index is -0.475. The molecule has 29 heavy (non-hydrogen) atoms. The molecule has 1 aromatic rings. The van der Waals surface area contributed by atoms with Gasteiger partial charge in [0.2, 0.25) is 0 Å². The van der Waals surface area contributed by atoms with Gasteiger partial charge in [-0.3, -0.25) is 4.99 Å². The lowest BCUT2D eigenvalue weighted by atomic mass is 9.98. The number of carbonyl (C=O) groups is 1. The third-order valence-corrected chi connectivity index (χ3v) is 5.45. The summed E-state index contributed by atoms with van der Waals surface area (Å²) in [4.78, 5) is 18.4. The number of likely N-dealkylation sites (tertiary alicyclic amines) is 1. The van der Waals surface area contributed by atoms with Crippen molar-refractivity contribution < 1.29 is 9.53 Å². The Bertz CT molecular complexity index is 718. The molecule has 0 aromatic carbocycles. The van der Waals surface area contributed by atoms with Crippen molar-refractivity contribution >= 4 is 59.2 Å². The van der Waals surface area contributed by atoms with E-state index < -0.39 is 5.60 Å². The van der Waals surface area contributed by atoms with Crippen LogP contribution in [-0.2, 0) is 18.3 Å². The van der Waals surface area contributed by atoms with Gasteiger partial charge in [0, 0.05) is 39.4 Å². The molecule has 0 saturated carbocycles. The Balaban J connectivity index is 0.00000420. The first kappa shape index (κ1) is 26.2. The van der Waals surface area contributed by atoms with Gasteiger partial charge in [0.1, 0.15) is 10.8 Å². The average molecular weight is 560 g/mol. The zero-order valence-corrected chi connectivity index (χ0v) is 21.6. The number of carbonyl (C=O) groups excluding carboxylic acids is 1. The zero-order chi connectivity index (χ0) is 20.9. The Morgan fingerprint density at radius 1 is 1.34 bits per heavy atom. The maximum absolute atomic E-state index is 12.3. The number of guanidine groups is 1. The van der Waals surface area contributed by atoms with Crippen molar-refractivity contribution in [3.05, 3.63) is 21.9 Å². The molecule has 1 saturated heterocycles. The van der Waals surface area contributed by atoms with Gasteiger partial charge in [-0.25, -0.2) is 4.79 Å². The van der Waals surface area contributed by atoms with E-state index in [0.717, 1.165) is 31.6 Å². The van der Waals surface area contributed by atoms with Crippen LogP contribution in [0.15, 0.2) is 11.1 Å². The first-order valence-electron chi connectivity index (χ1n) is 9.52. The summed E-state index contributed by atoms with van der Waals surface area (Å²) in [6.45, 7) is 8.37. The highest BCUT2D eigenvalue weighted by atomic mass is 127. The van der Waals surface area contributed by atoms with Crippen LogP contribution in [0.1, 0.15) is 39.3 Å². The van der Waals surface area contributed by atoms with Crippen molar-refractivity contribution in [1.29, 1.82) is 0 Å². The molecule has 0 bridgehead atoms. The quantitative estimate of drug-likeness (QED) is 0.328. The van der Waals surface area contributed by atoms with Gasteiger partial charge in [0.25, 0.3) is 0 Å². The fourth-order valence-electron chi connectivity index (χ4n) is 3.12. The SMILES string of the molecule is CN=C(NCc1cc(Cl)c(Cl)n1C)NCC1CCCN(C(=O)OC(C)(C)C)C1.I. The Morgan fingerprint density at radius 3 is 2.59 bits per heavy atom. The number of hydrogen-bond donors (Lipinski definition) is 2. The Morgan fingerprint density at radius 2 is 2.03 bits per heavy atom. The van der Waals surface area contributed by atoms with E-state index in [1.54, 1.807) is 11.9 Å². The summed E-state index contributed by atoms with van der Waals surface area (Å²) in [6.07, 6.45) is 1.79. The minimum absolute atomic E-state index is 0. The third kappa shape index (κ3) is 8.05. The molecule has 1 aromatic heterocycles. The van der Waals surface area contributed by atoms with Crippen molar-refractivity contribution in [3.8, 4) is 0 Å². The van der Waals surface area contributed by atoms with Crippen LogP contribution in [-0.4, -0.2) is 53.8 Å². The van der Waals surface area contributed by atoms with Crippen LogP contribution in [0.25, 0.3) is 0 Å². The smallest absolute Gasteiger partial charge is 0.410 e. The van der Waals surface area contributed by atoms with Gasteiger partial charge in [-0.2, -0.15) is 0 Å². The monoisotopic (exact) mass is 559 g/mol. The first-order chi connectivity index (χ1) is 13.1. The minimum Gasteiger partial charge on any atom is -0.444 e. The molecule has 2 rings (SSSR count). The topological polar surface area (TPSA) is 70.9 Å². The van der Waals surface area contributed by atoms with Crippen LogP contribution >= 0.6 is 47.2 Å². The van der Waals surface area contributed by atoms with E-state index in [0.29, 0.717) is 35.1 Å². The number of amides is 1. The van der Waals surface area contributed by atoms with E-state index in [1.165, 1.54) is 0 Å². The van der Waals surface area contributed by atoms with Crippen LogP contribution in [0.2, 0.25) is 10.2 Å². The van der Waals surface area contributed by atoms with E-state index in [2.05, 4.69) is 15.6 Å². The van der Waals surface area contributed by atoms with Gasteiger partial charge in [-0.15, -0.1) is 24.0 Å². The number of nitrogens with zero attached hydrogens (tertiary/aromatic N) is 3. The summed E-state index contributed by atoms with van der Waals surface area (Å²) in [5, 5.41) is 7.66. The summed E-state index contributed by atoms with van der Waals surface area (Å²) in [7, 11) is 3.60. The van der Waals surface area contributed by atoms with Crippen LogP contribution in [0, 0.1) is 5.92 Å². The standard InChI is InChI=1S/C19H31Cl2N5O2.HI/c1-19(2,3)28-18(27)26-8-6-7-13(12-26)10-23-17(22-4)24-11-14-9-15(20)16(21)25(14)5;/h9,13H,6-8,10-12H2,1-5H3,(H2,22,23,24);1H. The molecule has 1 aliphatic rings. The van der Waals surface area contributed by atoms with E-state index >= 15 is 0 Å². The summed E-state index contributed by atoms with van der Waals surface area (Å²) >= 11 is 12.2. The molecule has 7 nitrogen and oxygen atoms in total. The van der Waals surface area contributed by atoms with Crippen molar-refractivity contribution in [2.24, 2.45) is 18.0 Å². The van der Waals surface area contributed by atoms with E-state index in [9.17, 15) is 4.79 Å². The maximum atomic E-state index is 12.3. The lowest BCUT2D eigenvalue weighted by molar-refractivity contribution is 0.0168. The molecule has 1 atom stereocenters. The molecular weight excluding hydrogens is 528 g/mol. The molecule has 0 radical (unpaired) electrons. The highest BCUT2D eigenvalue weighted by Crippen LogP contribution is 2.25. The summed E-state index contributed by atoms with van der Waals surface area (Å²) in [5.41, 5.74) is 0.489. The highest BCUT2D eigenvalue weighted by Gasteiger charge is 2.27. The second-order valence-electron chi connectivity index (χ2n) is 8.07. The second kappa shape index (κ2) is 11.5. The van der Waals surface area contributed by atoms with Crippen LogP contribution < -0.4 is 10.6 Å². The largest absolute Gasteiger partial charge is 0.444 e. The van der Waals surface area contributed by atoms with Crippen LogP contribution in [0.3, 0.4) is 0 Å². The van der Waals surface area contributed by atoms with Gasteiger partial charge in [-0.1, -0.05) is 23.2 Å². The lowest BCUT2D eigenvalue weighted by Gasteiger charge is -2.34. The molecule has 1 amide bonds. The van der Waals surface area contributed by atoms with Gasteiger partial charge in [0.05, 0.1) is 11.6 Å². The molecule has 10 heteroatoms. The molecule has 0 spiro atoms. The number of hydrogen-bond acceptors (Lipinski definition) is 3. The number of rotatable bonds is 4. The maximum Gasteiger partial charge on any atom is 0.410 e. The second-order valence-corrected chi connectivity index (χ2v) is 8.84.